The third-order valence-electron chi connectivity index (χ3n) is 4.34. The zero-order chi connectivity index (χ0) is 21.0. The molecule has 0 aliphatic rings. The second kappa shape index (κ2) is 9.41. The van der Waals surface area contributed by atoms with Gasteiger partial charge >= 0.3 is 0 Å². The predicted octanol–water partition coefficient (Wildman–Crippen LogP) is 4.55. The lowest BCUT2D eigenvalue weighted by Crippen LogP contribution is -2.41. The van der Waals surface area contributed by atoms with E-state index in [-0.39, 0.29) is 18.0 Å². The zero-order valence-electron chi connectivity index (χ0n) is 16.1. The molecule has 29 heavy (non-hydrogen) atoms. The van der Waals surface area contributed by atoms with Crippen molar-refractivity contribution in [3.05, 3.63) is 68.1 Å². The van der Waals surface area contributed by atoms with Crippen LogP contribution in [0.25, 0.3) is 10.9 Å². The fourth-order valence-corrected chi connectivity index (χ4v) is 3.41. The zero-order valence-corrected chi connectivity index (χ0v) is 18.5. The van der Waals surface area contributed by atoms with Crippen molar-refractivity contribution in [2.24, 2.45) is 0 Å². The molecule has 0 radical (unpaired) electrons. The summed E-state index contributed by atoms with van der Waals surface area (Å²) in [6.07, 6.45) is 0.0877. The SMILES string of the molecule is CCCN(Cc1nc2cc(Cl)ccc2c(=O)[nH]1)C(=O)[C@@H](C)Oc1ccc(Br)cc1. The molecule has 0 fully saturated rings. The average molecular weight is 479 g/mol. The van der Waals surface area contributed by atoms with Crippen molar-refractivity contribution < 1.29 is 9.53 Å². The lowest BCUT2D eigenvalue weighted by molar-refractivity contribution is -0.138. The van der Waals surface area contributed by atoms with E-state index >= 15 is 0 Å². The molecule has 1 N–H and O–H groups in total. The number of carbonyl (C=O) groups excluding carboxylic acids is 1. The molecule has 6 nitrogen and oxygen atoms in total. The number of carbonyl (C=O) groups is 1. The van der Waals surface area contributed by atoms with Gasteiger partial charge in [0.25, 0.3) is 11.5 Å². The molecule has 1 atom stereocenters. The fraction of sp³-hybridized carbons (Fsp3) is 0.286. The molecule has 3 rings (SSSR count). The lowest BCUT2D eigenvalue weighted by atomic mass is 10.2. The normalized spacial score (nSPS) is 12.0. The van der Waals surface area contributed by atoms with Crippen LogP contribution in [-0.4, -0.2) is 33.4 Å². The monoisotopic (exact) mass is 477 g/mol. The van der Waals surface area contributed by atoms with E-state index in [0.29, 0.717) is 34.0 Å². The molecule has 0 saturated heterocycles. The van der Waals surface area contributed by atoms with Crippen LogP contribution in [0.4, 0.5) is 0 Å². The number of hydrogen-bond acceptors (Lipinski definition) is 4. The van der Waals surface area contributed by atoms with E-state index in [1.165, 1.54) is 0 Å². The van der Waals surface area contributed by atoms with Gasteiger partial charge in [-0.25, -0.2) is 4.98 Å². The lowest BCUT2D eigenvalue weighted by Gasteiger charge is -2.25. The van der Waals surface area contributed by atoms with Gasteiger partial charge in [-0.3, -0.25) is 9.59 Å². The number of rotatable bonds is 7. The molecule has 1 aromatic heterocycles. The third-order valence-corrected chi connectivity index (χ3v) is 5.10. The van der Waals surface area contributed by atoms with Crippen molar-refractivity contribution in [3.63, 3.8) is 0 Å². The first-order valence-electron chi connectivity index (χ1n) is 9.27. The molecule has 8 heteroatoms. The van der Waals surface area contributed by atoms with Crippen LogP contribution in [-0.2, 0) is 11.3 Å². The van der Waals surface area contributed by atoms with Crippen LogP contribution in [0.3, 0.4) is 0 Å². The highest BCUT2D eigenvalue weighted by atomic mass is 79.9. The Kier molecular flexibility index (Phi) is 6.92. The van der Waals surface area contributed by atoms with Gasteiger partial charge in [-0.1, -0.05) is 34.5 Å². The molecular formula is C21H21BrClN3O3. The second-order valence-corrected chi connectivity index (χ2v) is 8.00. The van der Waals surface area contributed by atoms with Crippen LogP contribution >= 0.6 is 27.5 Å². The van der Waals surface area contributed by atoms with Crippen LogP contribution in [0.5, 0.6) is 5.75 Å². The van der Waals surface area contributed by atoms with Crippen LogP contribution < -0.4 is 10.3 Å². The molecule has 0 saturated carbocycles. The highest BCUT2D eigenvalue weighted by molar-refractivity contribution is 9.10. The largest absolute Gasteiger partial charge is 0.481 e. The molecule has 152 valence electrons. The number of aromatic nitrogens is 2. The Bertz CT molecular complexity index is 1070. The topological polar surface area (TPSA) is 75.3 Å². The van der Waals surface area contributed by atoms with Gasteiger partial charge in [0.2, 0.25) is 0 Å². The first kappa shape index (κ1) is 21.3. The van der Waals surface area contributed by atoms with Crippen LogP contribution in [0.1, 0.15) is 26.1 Å². The number of ether oxygens (including phenoxy) is 1. The maximum Gasteiger partial charge on any atom is 0.263 e. The van der Waals surface area contributed by atoms with Gasteiger partial charge in [-0.05, 0) is 55.8 Å². The fourth-order valence-electron chi connectivity index (χ4n) is 2.98. The summed E-state index contributed by atoms with van der Waals surface area (Å²) in [6, 6.07) is 12.2. The molecule has 0 aliphatic carbocycles. The van der Waals surface area contributed by atoms with Crippen molar-refractivity contribution in [1.29, 1.82) is 0 Å². The molecular weight excluding hydrogens is 458 g/mol. The summed E-state index contributed by atoms with van der Waals surface area (Å²) in [5, 5.41) is 0.956. The minimum Gasteiger partial charge on any atom is -0.481 e. The number of H-pyrrole nitrogens is 1. The van der Waals surface area contributed by atoms with Gasteiger partial charge in [0.05, 0.1) is 17.4 Å². The maximum absolute atomic E-state index is 13.0. The van der Waals surface area contributed by atoms with E-state index in [1.54, 1.807) is 42.2 Å². The summed E-state index contributed by atoms with van der Waals surface area (Å²) in [6.45, 7) is 4.39. The smallest absolute Gasteiger partial charge is 0.263 e. The molecule has 1 amide bonds. The van der Waals surface area contributed by atoms with Gasteiger partial charge in [0.1, 0.15) is 11.6 Å². The molecule has 3 aromatic rings. The van der Waals surface area contributed by atoms with Crippen molar-refractivity contribution in [2.75, 3.05) is 6.54 Å². The summed E-state index contributed by atoms with van der Waals surface area (Å²) < 4.78 is 6.72. The van der Waals surface area contributed by atoms with Crippen molar-refractivity contribution in [2.45, 2.75) is 32.9 Å². The minimum atomic E-state index is -0.677. The highest BCUT2D eigenvalue weighted by Gasteiger charge is 2.23. The van der Waals surface area contributed by atoms with Gasteiger partial charge in [-0.15, -0.1) is 0 Å². The summed E-state index contributed by atoms with van der Waals surface area (Å²) in [5.41, 5.74) is 0.240. The van der Waals surface area contributed by atoms with Crippen molar-refractivity contribution in [3.8, 4) is 5.75 Å². The summed E-state index contributed by atoms with van der Waals surface area (Å²) in [7, 11) is 0. The molecule has 2 aromatic carbocycles. The Morgan fingerprint density at radius 2 is 2.00 bits per heavy atom. The van der Waals surface area contributed by atoms with Crippen molar-refractivity contribution in [1.82, 2.24) is 14.9 Å². The van der Waals surface area contributed by atoms with Gasteiger partial charge in [-0.2, -0.15) is 0 Å². The van der Waals surface area contributed by atoms with Crippen LogP contribution in [0.15, 0.2) is 51.7 Å². The molecule has 0 spiro atoms. The third kappa shape index (κ3) is 5.36. The van der Waals surface area contributed by atoms with Gasteiger partial charge < -0.3 is 14.6 Å². The number of halogens is 2. The highest BCUT2D eigenvalue weighted by Crippen LogP contribution is 2.19. The predicted molar refractivity (Wildman–Crippen MR) is 117 cm³/mol. The van der Waals surface area contributed by atoms with E-state index < -0.39 is 6.10 Å². The van der Waals surface area contributed by atoms with E-state index in [1.807, 2.05) is 19.1 Å². The van der Waals surface area contributed by atoms with Crippen LogP contribution in [0, 0.1) is 0 Å². The number of aromatic amines is 1. The Hall–Kier alpha value is -2.38. The summed E-state index contributed by atoms with van der Waals surface area (Å²) in [4.78, 5) is 34.2. The van der Waals surface area contributed by atoms with E-state index in [2.05, 4.69) is 25.9 Å². The summed E-state index contributed by atoms with van der Waals surface area (Å²) >= 11 is 9.40. The number of fused-ring (bicyclic) bond motifs is 1. The van der Waals surface area contributed by atoms with Gasteiger partial charge in [0, 0.05) is 16.0 Å². The van der Waals surface area contributed by atoms with Crippen LogP contribution in [0.2, 0.25) is 5.02 Å². The number of amides is 1. The first-order valence-corrected chi connectivity index (χ1v) is 10.4. The molecule has 0 unspecified atom stereocenters. The maximum atomic E-state index is 13.0. The van der Waals surface area contributed by atoms with Crippen molar-refractivity contribution >= 4 is 44.3 Å². The number of hydrogen-bond donors (Lipinski definition) is 1. The quantitative estimate of drug-likeness (QED) is 0.541. The number of nitrogens with one attached hydrogen (secondary N) is 1. The first-order chi connectivity index (χ1) is 13.9. The summed E-state index contributed by atoms with van der Waals surface area (Å²) in [5.74, 6) is 0.836. The molecule has 0 bridgehead atoms. The minimum absolute atomic E-state index is 0.177. The van der Waals surface area contributed by atoms with E-state index in [4.69, 9.17) is 16.3 Å². The standard InChI is InChI=1S/C21H21BrClN3O3/c1-3-10-26(21(28)13(2)29-16-7-4-14(22)5-8-16)12-19-24-18-11-15(23)6-9-17(18)20(27)25-19/h4-9,11,13H,3,10,12H2,1-2H3,(H,24,25,27)/t13-/m1/s1. The Morgan fingerprint density at radius 1 is 1.28 bits per heavy atom. The molecule has 0 aliphatic heterocycles. The Labute approximate surface area is 182 Å². The second-order valence-electron chi connectivity index (χ2n) is 6.65. The number of nitrogens with zero attached hydrogens (tertiary/aromatic N) is 2. The molecule has 1 heterocycles. The Balaban J connectivity index is 1.80. The average Bonchev–Trinajstić information content (AvgIpc) is 2.68. The number of benzene rings is 2. The van der Waals surface area contributed by atoms with Gasteiger partial charge in [0.15, 0.2) is 6.10 Å². The van der Waals surface area contributed by atoms with E-state index in [0.717, 1.165) is 10.9 Å². The van der Waals surface area contributed by atoms with E-state index in [9.17, 15) is 9.59 Å². The Morgan fingerprint density at radius 3 is 2.69 bits per heavy atom.